The predicted molar refractivity (Wildman–Crippen MR) is 94.1 cm³/mol. The maximum absolute atomic E-state index is 4.62. The Hall–Kier alpha value is -0.400. The van der Waals surface area contributed by atoms with Gasteiger partial charge in [-0.15, -0.1) is 22.7 Å². The first-order valence-electron chi connectivity index (χ1n) is 6.23. The number of halogens is 1. The monoisotopic (exact) mass is 384 g/mol. The molecule has 0 saturated heterocycles. The molecule has 1 N–H and O–H groups in total. The number of fused-ring (bicyclic) bond motifs is 1. The summed E-state index contributed by atoms with van der Waals surface area (Å²) >= 11 is 8.85. The second kappa shape index (κ2) is 7.04. The van der Waals surface area contributed by atoms with E-state index in [0.717, 1.165) is 28.7 Å². The highest BCUT2D eigenvalue weighted by atomic mass is 79.9. The fourth-order valence-corrected chi connectivity index (χ4v) is 5.24. The normalized spacial score (nSPS) is 11.2. The van der Waals surface area contributed by atoms with Crippen LogP contribution in [-0.4, -0.2) is 17.3 Å². The van der Waals surface area contributed by atoms with E-state index in [1.54, 1.807) is 22.7 Å². The lowest BCUT2D eigenvalue weighted by Crippen LogP contribution is -2.15. The van der Waals surface area contributed by atoms with Gasteiger partial charge in [-0.25, -0.2) is 4.98 Å². The molecule has 0 aliphatic carbocycles. The molecule has 3 aromatic rings. The number of thiophene rings is 1. The van der Waals surface area contributed by atoms with Crippen molar-refractivity contribution in [1.29, 1.82) is 0 Å². The van der Waals surface area contributed by atoms with Crippen molar-refractivity contribution in [2.75, 3.05) is 12.3 Å². The van der Waals surface area contributed by atoms with Crippen molar-refractivity contribution in [3.8, 4) is 0 Å². The Morgan fingerprint density at radius 2 is 2.20 bits per heavy atom. The van der Waals surface area contributed by atoms with E-state index in [-0.39, 0.29) is 0 Å². The molecular formula is C14H13BrN2S3. The number of nitrogens with zero attached hydrogens (tertiary/aromatic N) is 1. The molecule has 2 aromatic heterocycles. The standard InChI is InChI=1S/C14H13BrN2S3/c15-10-7-11(19-9-10)8-16-5-6-18-14-17-12-3-1-2-4-13(12)20-14/h1-4,7,9,16H,5-6,8H2. The van der Waals surface area contributed by atoms with E-state index >= 15 is 0 Å². The summed E-state index contributed by atoms with van der Waals surface area (Å²) in [6.45, 7) is 1.94. The maximum Gasteiger partial charge on any atom is 0.151 e. The van der Waals surface area contributed by atoms with Gasteiger partial charge in [-0.05, 0) is 34.1 Å². The van der Waals surface area contributed by atoms with E-state index in [0.29, 0.717) is 0 Å². The first-order valence-corrected chi connectivity index (χ1v) is 9.71. The van der Waals surface area contributed by atoms with Crippen LogP contribution >= 0.6 is 50.4 Å². The predicted octanol–water partition coefficient (Wildman–Crippen LogP) is 5.00. The highest BCUT2D eigenvalue weighted by Gasteiger charge is 2.03. The van der Waals surface area contributed by atoms with E-state index in [4.69, 9.17) is 0 Å². The van der Waals surface area contributed by atoms with E-state index < -0.39 is 0 Å². The Bertz CT molecular complexity index is 659. The highest BCUT2D eigenvalue weighted by Crippen LogP contribution is 2.28. The molecule has 0 unspecified atom stereocenters. The van der Waals surface area contributed by atoms with Crippen LogP contribution in [0.15, 0.2) is 44.5 Å². The van der Waals surface area contributed by atoms with Gasteiger partial charge in [-0.3, -0.25) is 0 Å². The van der Waals surface area contributed by atoms with Crippen molar-refractivity contribution in [1.82, 2.24) is 10.3 Å². The summed E-state index contributed by atoms with van der Waals surface area (Å²) in [5.41, 5.74) is 1.11. The van der Waals surface area contributed by atoms with Crippen molar-refractivity contribution in [3.05, 3.63) is 45.1 Å². The zero-order valence-electron chi connectivity index (χ0n) is 10.6. The third kappa shape index (κ3) is 3.83. The molecule has 6 heteroatoms. The second-order valence-corrected chi connectivity index (χ2v) is 8.49. The summed E-state index contributed by atoms with van der Waals surface area (Å²) in [4.78, 5) is 5.98. The van der Waals surface area contributed by atoms with E-state index in [2.05, 4.69) is 55.9 Å². The molecule has 0 aliphatic rings. The van der Waals surface area contributed by atoms with Crippen LogP contribution in [-0.2, 0) is 6.54 Å². The van der Waals surface area contributed by atoms with Crippen LogP contribution in [0.25, 0.3) is 10.2 Å². The smallest absolute Gasteiger partial charge is 0.151 e. The molecule has 0 atom stereocenters. The van der Waals surface area contributed by atoms with Gasteiger partial charge in [-0.1, -0.05) is 23.9 Å². The Kier molecular flexibility index (Phi) is 5.12. The largest absolute Gasteiger partial charge is 0.311 e. The fourth-order valence-electron chi connectivity index (χ4n) is 1.78. The minimum absolute atomic E-state index is 0.941. The molecule has 0 amide bonds. The zero-order valence-corrected chi connectivity index (χ0v) is 14.7. The van der Waals surface area contributed by atoms with Gasteiger partial charge in [0.25, 0.3) is 0 Å². The molecule has 0 bridgehead atoms. The second-order valence-electron chi connectivity index (χ2n) is 4.20. The number of rotatable bonds is 6. The molecule has 0 fully saturated rings. The van der Waals surface area contributed by atoms with E-state index in [1.807, 2.05) is 17.8 Å². The number of hydrogen-bond donors (Lipinski definition) is 1. The summed E-state index contributed by atoms with van der Waals surface area (Å²) in [7, 11) is 0. The van der Waals surface area contributed by atoms with Gasteiger partial charge in [0.05, 0.1) is 10.2 Å². The number of thioether (sulfide) groups is 1. The third-order valence-corrected chi connectivity index (χ3v) is 6.58. The molecule has 0 spiro atoms. The van der Waals surface area contributed by atoms with Crippen molar-refractivity contribution in [2.24, 2.45) is 0 Å². The lowest BCUT2D eigenvalue weighted by Gasteiger charge is -2.01. The maximum atomic E-state index is 4.62. The van der Waals surface area contributed by atoms with Gasteiger partial charge in [0.2, 0.25) is 0 Å². The summed E-state index contributed by atoms with van der Waals surface area (Å²) in [6, 6.07) is 10.5. The van der Waals surface area contributed by atoms with E-state index in [9.17, 15) is 0 Å². The zero-order chi connectivity index (χ0) is 13.8. The van der Waals surface area contributed by atoms with Crippen molar-refractivity contribution in [3.63, 3.8) is 0 Å². The Morgan fingerprint density at radius 3 is 3.00 bits per heavy atom. The van der Waals surface area contributed by atoms with Crippen LogP contribution < -0.4 is 5.32 Å². The number of thiazole rings is 1. The Balaban J connectivity index is 1.43. The van der Waals surface area contributed by atoms with Gasteiger partial charge < -0.3 is 5.32 Å². The average molecular weight is 385 g/mol. The van der Waals surface area contributed by atoms with E-state index in [1.165, 1.54) is 14.0 Å². The highest BCUT2D eigenvalue weighted by molar-refractivity contribution is 9.10. The van der Waals surface area contributed by atoms with Crippen LogP contribution in [0.3, 0.4) is 0 Å². The molecule has 0 radical (unpaired) electrons. The van der Waals surface area contributed by atoms with Crippen LogP contribution in [0.5, 0.6) is 0 Å². The van der Waals surface area contributed by atoms with Crippen molar-refractivity contribution < 1.29 is 0 Å². The van der Waals surface area contributed by atoms with Gasteiger partial charge in [0, 0.05) is 33.6 Å². The summed E-state index contributed by atoms with van der Waals surface area (Å²) < 4.78 is 3.60. The topological polar surface area (TPSA) is 24.9 Å². The van der Waals surface area contributed by atoms with Gasteiger partial charge in [0.15, 0.2) is 4.34 Å². The summed E-state index contributed by atoms with van der Waals surface area (Å²) in [6.07, 6.45) is 0. The third-order valence-electron chi connectivity index (χ3n) is 2.70. The van der Waals surface area contributed by atoms with Crippen LogP contribution in [0.2, 0.25) is 0 Å². The number of aromatic nitrogens is 1. The molecule has 3 rings (SSSR count). The van der Waals surface area contributed by atoms with Crippen LogP contribution in [0.4, 0.5) is 0 Å². The molecule has 0 saturated carbocycles. The lowest BCUT2D eigenvalue weighted by atomic mass is 10.3. The molecule has 0 aliphatic heterocycles. The van der Waals surface area contributed by atoms with Crippen molar-refractivity contribution in [2.45, 2.75) is 10.9 Å². The lowest BCUT2D eigenvalue weighted by molar-refractivity contribution is 0.741. The van der Waals surface area contributed by atoms with Gasteiger partial charge in [0.1, 0.15) is 0 Å². The quantitative estimate of drug-likeness (QED) is 0.477. The van der Waals surface area contributed by atoms with Gasteiger partial charge in [-0.2, -0.15) is 0 Å². The van der Waals surface area contributed by atoms with Crippen LogP contribution in [0.1, 0.15) is 4.88 Å². The molecule has 104 valence electrons. The number of benzene rings is 1. The Labute approximate surface area is 138 Å². The first-order chi connectivity index (χ1) is 9.81. The molecule has 2 heterocycles. The fraction of sp³-hybridized carbons (Fsp3) is 0.214. The number of nitrogens with one attached hydrogen (secondary N) is 1. The molecule has 2 nitrogen and oxygen atoms in total. The molecule has 20 heavy (non-hydrogen) atoms. The first kappa shape index (κ1) is 14.5. The minimum Gasteiger partial charge on any atom is -0.311 e. The molecule has 1 aromatic carbocycles. The molecular weight excluding hydrogens is 372 g/mol. The Morgan fingerprint density at radius 1 is 1.30 bits per heavy atom. The SMILES string of the molecule is Brc1csc(CNCCSc2nc3ccccc3s2)c1. The van der Waals surface area contributed by atoms with Crippen molar-refractivity contribution >= 4 is 60.6 Å². The number of para-hydroxylation sites is 1. The number of hydrogen-bond acceptors (Lipinski definition) is 5. The minimum atomic E-state index is 0.941. The summed E-state index contributed by atoms with van der Waals surface area (Å²) in [5.74, 6) is 1.05. The average Bonchev–Trinajstić information content (AvgIpc) is 3.04. The summed E-state index contributed by atoms with van der Waals surface area (Å²) in [5, 5.41) is 5.58. The van der Waals surface area contributed by atoms with Crippen LogP contribution in [0, 0.1) is 0 Å². The van der Waals surface area contributed by atoms with Gasteiger partial charge >= 0.3 is 0 Å².